The minimum Gasteiger partial charge on any atom is -0.493 e. The largest absolute Gasteiger partial charge is 0.493 e. The number of hydrogen-bond acceptors (Lipinski definition) is 2. The molecule has 5 heteroatoms. The van der Waals surface area contributed by atoms with E-state index in [9.17, 15) is 4.79 Å². The fraction of sp³-hybridized carbons (Fsp3) is 0.512. The smallest absolute Gasteiger partial charge is 0.263 e. The molecule has 248 valence electrons. The van der Waals surface area contributed by atoms with Crippen molar-refractivity contribution in [2.45, 2.75) is 130 Å². The third kappa shape index (κ3) is 10.7. The second-order valence-electron chi connectivity index (χ2n) is 14.0. The van der Waals surface area contributed by atoms with Gasteiger partial charge in [-0.2, -0.15) is 4.40 Å². The minimum atomic E-state index is -0.0701. The monoisotopic (exact) mass is 624 g/mol. The van der Waals surface area contributed by atoms with E-state index in [1.54, 1.807) is 6.92 Å². The van der Waals surface area contributed by atoms with Gasteiger partial charge in [-0.25, -0.2) is 4.98 Å². The highest BCUT2D eigenvalue weighted by atomic mass is 16.5. The molecule has 0 spiro atoms. The Labute approximate surface area is 278 Å². The summed E-state index contributed by atoms with van der Waals surface area (Å²) < 4.78 is 8.53. The molecule has 0 saturated carbocycles. The number of ether oxygens (including phenoxy) is 1. The lowest BCUT2D eigenvalue weighted by Gasteiger charge is -2.26. The first-order valence-corrected chi connectivity index (χ1v) is 17.9. The van der Waals surface area contributed by atoms with Crippen LogP contribution in [0.1, 0.15) is 134 Å². The average molecular weight is 625 g/mol. The van der Waals surface area contributed by atoms with Gasteiger partial charge in [0.05, 0.1) is 25.8 Å². The Morgan fingerprint density at radius 1 is 0.804 bits per heavy atom. The van der Waals surface area contributed by atoms with Crippen molar-refractivity contribution in [3.63, 3.8) is 0 Å². The van der Waals surface area contributed by atoms with Crippen LogP contribution >= 0.6 is 0 Å². The standard InChI is InChI=1S/C41H57N3O2/c1-6-7-8-9-10-11-12-13-14-15-16-19-27-46-39-25-24-35(29-38(39)41(3,4)5)32-44(33(2)45)36-23-20-21-34(28-36)30-40-42-31-37-22-17-18-26-43(37)40/h17-18,20-26,28-29,31H,6-16,19,27,30,32H2,1-5H3/p+1. The number of H-pyrrole nitrogens is 1. The molecule has 2 aromatic carbocycles. The van der Waals surface area contributed by atoms with E-state index in [4.69, 9.17) is 4.74 Å². The molecule has 0 bridgehead atoms. The summed E-state index contributed by atoms with van der Waals surface area (Å²) in [5, 5.41) is 0. The summed E-state index contributed by atoms with van der Waals surface area (Å²) in [5.74, 6) is 2.10. The zero-order valence-electron chi connectivity index (χ0n) is 29.2. The van der Waals surface area contributed by atoms with Gasteiger partial charge in [-0.1, -0.05) is 123 Å². The molecule has 46 heavy (non-hydrogen) atoms. The molecule has 0 atom stereocenters. The number of carbonyl (C=O) groups is 1. The maximum Gasteiger partial charge on any atom is 0.263 e. The molecule has 2 aromatic heterocycles. The van der Waals surface area contributed by atoms with Crippen LogP contribution in [-0.2, 0) is 23.2 Å². The third-order valence-electron chi connectivity index (χ3n) is 8.99. The molecule has 0 fully saturated rings. The number of anilines is 1. The van der Waals surface area contributed by atoms with Gasteiger partial charge in [-0.3, -0.25) is 4.79 Å². The quantitative estimate of drug-likeness (QED) is 0.0834. The van der Waals surface area contributed by atoms with E-state index in [0.717, 1.165) is 53.4 Å². The molecular formula is C41H58N3O2+. The second kappa shape index (κ2) is 17.9. The van der Waals surface area contributed by atoms with Crippen LogP contribution in [-0.4, -0.2) is 17.5 Å². The van der Waals surface area contributed by atoms with Crippen molar-refractivity contribution in [2.24, 2.45) is 0 Å². The number of unbranched alkanes of at least 4 members (excludes halogenated alkanes) is 11. The number of nitrogens with one attached hydrogen (secondary N) is 1. The highest BCUT2D eigenvalue weighted by Gasteiger charge is 2.21. The number of hydrogen-bond donors (Lipinski definition) is 1. The minimum absolute atomic E-state index is 0.0291. The van der Waals surface area contributed by atoms with Crippen LogP contribution in [0.3, 0.4) is 0 Å². The Balaban J connectivity index is 1.31. The Bertz CT molecular complexity index is 1500. The molecule has 0 saturated heterocycles. The Hall–Kier alpha value is -3.60. The fourth-order valence-electron chi connectivity index (χ4n) is 6.29. The number of carbonyl (C=O) groups excluding carboxylic acids is 1. The first-order chi connectivity index (χ1) is 22.3. The molecule has 4 aromatic rings. The highest BCUT2D eigenvalue weighted by molar-refractivity contribution is 5.91. The van der Waals surface area contributed by atoms with E-state index >= 15 is 0 Å². The van der Waals surface area contributed by atoms with Gasteiger partial charge < -0.3 is 9.64 Å². The second-order valence-corrected chi connectivity index (χ2v) is 14.0. The third-order valence-corrected chi connectivity index (χ3v) is 8.99. The van der Waals surface area contributed by atoms with Gasteiger partial charge in [0.15, 0.2) is 5.52 Å². The van der Waals surface area contributed by atoms with Gasteiger partial charge in [-0.15, -0.1) is 0 Å². The van der Waals surface area contributed by atoms with Crippen molar-refractivity contribution in [2.75, 3.05) is 11.5 Å². The van der Waals surface area contributed by atoms with Crippen molar-refractivity contribution in [1.82, 2.24) is 4.98 Å². The van der Waals surface area contributed by atoms with Crippen molar-refractivity contribution < 1.29 is 13.9 Å². The number of pyridine rings is 1. The summed E-state index contributed by atoms with van der Waals surface area (Å²) >= 11 is 0. The van der Waals surface area contributed by atoms with E-state index in [1.165, 1.54) is 76.2 Å². The molecule has 5 nitrogen and oxygen atoms in total. The maximum absolute atomic E-state index is 12.9. The average Bonchev–Trinajstić information content (AvgIpc) is 3.44. The lowest BCUT2D eigenvalue weighted by atomic mass is 9.85. The SMILES string of the molecule is CCCCCCCCCCCCCCOc1ccc(CN(C(C)=O)c2cccc(Cc3[nH]cc4cccc[n+]34)c2)cc1C(C)(C)C. The summed E-state index contributed by atoms with van der Waals surface area (Å²) in [6.07, 6.45) is 20.9. The number of fused-ring (bicyclic) bond motifs is 1. The molecule has 0 unspecified atom stereocenters. The van der Waals surface area contributed by atoms with Crippen LogP contribution < -0.4 is 14.0 Å². The summed E-state index contributed by atoms with van der Waals surface area (Å²) in [5.41, 5.74) is 5.43. The Morgan fingerprint density at radius 2 is 1.50 bits per heavy atom. The fourth-order valence-corrected chi connectivity index (χ4v) is 6.29. The van der Waals surface area contributed by atoms with Gasteiger partial charge in [-0.05, 0) is 64.9 Å². The summed E-state index contributed by atoms with van der Waals surface area (Å²) in [4.78, 5) is 18.2. The van der Waals surface area contributed by atoms with Gasteiger partial charge in [0, 0.05) is 12.6 Å². The van der Waals surface area contributed by atoms with Crippen molar-refractivity contribution in [3.8, 4) is 5.75 Å². The number of aromatic amines is 1. The molecule has 0 aliphatic carbocycles. The van der Waals surface area contributed by atoms with Crippen LogP contribution in [0.25, 0.3) is 5.52 Å². The van der Waals surface area contributed by atoms with E-state index in [-0.39, 0.29) is 11.3 Å². The molecule has 0 aliphatic heterocycles. The molecule has 1 N–H and O–H groups in total. The molecule has 2 heterocycles. The summed E-state index contributed by atoms with van der Waals surface area (Å²) in [6.45, 7) is 11.9. The predicted octanol–water partition coefficient (Wildman–Crippen LogP) is 10.3. The van der Waals surface area contributed by atoms with Gasteiger partial charge in [0.25, 0.3) is 5.82 Å². The van der Waals surface area contributed by atoms with Crippen LogP contribution in [0.4, 0.5) is 5.69 Å². The zero-order valence-corrected chi connectivity index (χ0v) is 29.2. The topological polar surface area (TPSA) is 49.4 Å². The lowest BCUT2D eigenvalue weighted by Crippen LogP contribution is -2.28. The number of benzene rings is 2. The van der Waals surface area contributed by atoms with Crippen molar-refractivity contribution in [1.29, 1.82) is 0 Å². The van der Waals surface area contributed by atoms with Gasteiger partial charge in [0.1, 0.15) is 11.9 Å². The predicted molar refractivity (Wildman–Crippen MR) is 192 cm³/mol. The van der Waals surface area contributed by atoms with E-state index in [2.05, 4.69) is 79.7 Å². The van der Waals surface area contributed by atoms with Crippen molar-refractivity contribution >= 4 is 17.1 Å². The van der Waals surface area contributed by atoms with Crippen LogP contribution in [0.2, 0.25) is 0 Å². The number of nitrogens with zero attached hydrogens (tertiary/aromatic N) is 2. The number of rotatable bonds is 19. The first-order valence-electron chi connectivity index (χ1n) is 17.9. The number of imidazole rings is 1. The van der Waals surface area contributed by atoms with E-state index in [1.807, 2.05) is 35.4 Å². The van der Waals surface area contributed by atoms with Gasteiger partial charge in [0.2, 0.25) is 5.91 Å². The number of amides is 1. The maximum atomic E-state index is 12.9. The lowest BCUT2D eigenvalue weighted by molar-refractivity contribution is -0.520. The molecule has 1 amide bonds. The summed E-state index contributed by atoms with van der Waals surface area (Å²) in [6, 6.07) is 21.0. The number of aromatic nitrogens is 2. The first kappa shape index (κ1) is 35.3. The van der Waals surface area contributed by atoms with Crippen LogP contribution in [0, 0.1) is 0 Å². The molecule has 0 radical (unpaired) electrons. The molecular weight excluding hydrogens is 566 g/mol. The van der Waals surface area contributed by atoms with Gasteiger partial charge >= 0.3 is 0 Å². The molecule has 4 rings (SSSR count). The zero-order chi connectivity index (χ0) is 32.8. The Morgan fingerprint density at radius 3 is 2.17 bits per heavy atom. The Kier molecular flexibility index (Phi) is 13.7. The summed E-state index contributed by atoms with van der Waals surface area (Å²) in [7, 11) is 0. The van der Waals surface area contributed by atoms with Crippen LogP contribution in [0.15, 0.2) is 73.1 Å². The normalized spacial score (nSPS) is 11.7. The van der Waals surface area contributed by atoms with E-state index < -0.39 is 0 Å². The van der Waals surface area contributed by atoms with Crippen LogP contribution in [0.5, 0.6) is 5.75 Å². The van der Waals surface area contributed by atoms with Crippen molar-refractivity contribution in [3.05, 3.63) is 95.6 Å². The molecule has 0 aliphatic rings. The highest BCUT2D eigenvalue weighted by Crippen LogP contribution is 2.33. The van der Waals surface area contributed by atoms with E-state index in [0.29, 0.717) is 6.54 Å².